The summed E-state index contributed by atoms with van der Waals surface area (Å²) in [7, 11) is 1.54. The van der Waals surface area contributed by atoms with Gasteiger partial charge in [-0.3, -0.25) is 9.59 Å². The molecule has 4 rings (SSSR count). The van der Waals surface area contributed by atoms with Crippen LogP contribution in [0.25, 0.3) is 5.76 Å². The van der Waals surface area contributed by atoms with Gasteiger partial charge in [-0.1, -0.05) is 18.2 Å². The van der Waals surface area contributed by atoms with Crippen LogP contribution in [0.3, 0.4) is 0 Å². The van der Waals surface area contributed by atoms with Gasteiger partial charge < -0.3 is 19.5 Å². The molecule has 162 valence electrons. The summed E-state index contributed by atoms with van der Waals surface area (Å²) in [4.78, 5) is 27.1. The highest BCUT2D eigenvalue weighted by atomic mass is 19.1. The number of hydrogen-bond donors (Lipinski definition) is 1. The fourth-order valence-electron chi connectivity index (χ4n) is 4.23. The van der Waals surface area contributed by atoms with E-state index in [9.17, 15) is 19.1 Å². The first kappa shape index (κ1) is 21.1. The number of aliphatic hydroxyl groups excluding tert-OH is 1. The summed E-state index contributed by atoms with van der Waals surface area (Å²) in [6, 6.07) is 10.1. The lowest BCUT2D eigenvalue weighted by Crippen LogP contribution is -2.31. The lowest BCUT2D eigenvalue weighted by molar-refractivity contribution is -0.140. The molecule has 7 heteroatoms. The van der Waals surface area contributed by atoms with Gasteiger partial charge in [0.2, 0.25) is 0 Å². The van der Waals surface area contributed by atoms with Crippen molar-refractivity contribution in [3.8, 4) is 5.75 Å². The van der Waals surface area contributed by atoms with Crippen LogP contribution in [0.1, 0.15) is 36.1 Å². The molecule has 2 aliphatic heterocycles. The lowest BCUT2D eigenvalue weighted by atomic mass is 9.94. The summed E-state index contributed by atoms with van der Waals surface area (Å²) in [5.74, 6) is -1.72. The number of hydrogen-bond acceptors (Lipinski definition) is 5. The van der Waals surface area contributed by atoms with Crippen molar-refractivity contribution >= 4 is 17.4 Å². The molecular formula is C24H24FNO5. The number of Topliss-reactive ketones (excluding diaryl/α,β-unsaturated/α-hetero) is 1. The van der Waals surface area contributed by atoms with Crippen molar-refractivity contribution in [3.63, 3.8) is 0 Å². The summed E-state index contributed by atoms with van der Waals surface area (Å²) in [6.07, 6.45) is 1.18. The van der Waals surface area contributed by atoms with Crippen molar-refractivity contribution in [2.75, 3.05) is 20.3 Å². The standard InChI is InChI=1S/C24H24FNO5/c1-14-12-16-13-15(8-9-19(16)31-14)22(27)20-21(17-6-3-4-7-18(17)25)26(10-5-11-30-2)24(29)23(20)28/h3-4,6-9,13-14,21,27H,5,10-12H2,1-2H3/t14-,21+/m1/s1. The van der Waals surface area contributed by atoms with Crippen LogP contribution in [0.2, 0.25) is 0 Å². The molecule has 31 heavy (non-hydrogen) atoms. The molecule has 6 nitrogen and oxygen atoms in total. The van der Waals surface area contributed by atoms with E-state index in [1.54, 1.807) is 31.4 Å². The Morgan fingerprint density at radius 3 is 2.77 bits per heavy atom. The Labute approximate surface area is 179 Å². The summed E-state index contributed by atoms with van der Waals surface area (Å²) < 4.78 is 25.5. The van der Waals surface area contributed by atoms with Gasteiger partial charge in [-0.15, -0.1) is 0 Å². The minimum atomic E-state index is -1.01. The van der Waals surface area contributed by atoms with Gasteiger partial charge in [-0.2, -0.15) is 0 Å². The van der Waals surface area contributed by atoms with Crippen LogP contribution in [0, 0.1) is 5.82 Å². The van der Waals surface area contributed by atoms with E-state index in [1.165, 1.54) is 23.1 Å². The maximum Gasteiger partial charge on any atom is 0.295 e. The molecule has 1 amide bonds. The van der Waals surface area contributed by atoms with Gasteiger partial charge in [0.25, 0.3) is 11.7 Å². The van der Waals surface area contributed by atoms with Gasteiger partial charge in [-0.05, 0) is 43.2 Å². The molecule has 0 radical (unpaired) electrons. The Morgan fingerprint density at radius 1 is 1.26 bits per heavy atom. The number of benzene rings is 2. The topological polar surface area (TPSA) is 76.1 Å². The minimum absolute atomic E-state index is 0.0252. The Bertz CT molecular complexity index is 1060. The smallest absolute Gasteiger partial charge is 0.295 e. The second-order valence-corrected chi connectivity index (χ2v) is 7.82. The molecule has 0 saturated carbocycles. The summed E-state index contributed by atoms with van der Waals surface area (Å²) in [5, 5.41) is 11.1. The fraction of sp³-hybridized carbons (Fsp3) is 0.333. The summed E-state index contributed by atoms with van der Waals surface area (Å²) in [6.45, 7) is 2.53. The highest BCUT2D eigenvalue weighted by Gasteiger charge is 2.46. The number of rotatable bonds is 6. The second-order valence-electron chi connectivity index (χ2n) is 7.82. The molecule has 1 fully saturated rings. The molecule has 0 bridgehead atoms. The predicted molar refractivity (Wildman–Crippen MR) is 112 cm³/mol. The second kappa shape index (κ2) is 8.51. The van der Waals surface area contributed by atoms with Gasteiger partial charge in [0.1, 0.15) is 23.4 Å². The molecule has 0 unspecified atom stereocenters. The van der Waals surface area contributed by atoms with Crippen molar-refractivity contribution in [3.05, 3.63) is 70.5 Å². The minimum Gasteiger partial charge on any atom is -0.507 e. The van der Waals surface area contributed by atoms with Crippen molar-refractivity contribution in [1.29, 1.82) is 0 Å². The monoisotopic (exact) mass is 425 g/mol. The largest absolute Gasteiger partial charge is 0.507 e. The van der Waals surface area contributed by atoms with Crippen LogP contribution in [0.4, 0.5) is 4.39 Å². The van der Waals surface area contributed by atoms with Crippen molar-refractivity contribution in [2.45, 2.75) is 31.9 Å². The maximum atomic E-state index is 14.7. The Kier molecular flexibility index (Phi) is 5.78. The third kappa shape index (κ3) is 3.81. The Morgan fingerprint density at radius 2 is 2.03 bits per heavy atom. The molecule has 2 aliphatic rings. The van der Waals surface area contributed by atoms with Crippen molar-refractivity contribution in [2.24, 2.45) is 0 Å². The number of likely N-dealkylation sites (tertiary alicyclic amines) is 1. The molecule has 0 aromatic heterocycles. The van der Waals surface area contributed by atoms with E-state index in [2.05, 4.69) is 0 Å². The third-order valence-corrected chi connectivity index (χ3v) is 5.66. The molecule has 1 N–H and O–H groups in total. The van der Waals surface area contributed by atoms with Gasteiger partial charge in [0.05, 0.1) is 11.6 Å². The molecule has 2 aromatic carbocycles. The van der Waals surface area contributed by atoms with Crippen LogP contribution in [-0.4, -0.2) is 48.1 Å². The van der Waals surface area contributed by atoms with Crippen molar-refractivity contribution in [1.82, 2.24) is 4.90 Å². The van der Waals surface area contributed by atoms with Gasteiger partial charge in [0, 0.05) is 37.8 Å². The van der Waals surface area contributed by atoms with E-state index in [4.69, 9.17) is 9.47 Å². The van der Waals surface area contributed by atoms with E-state index in [0.717, 1.165) is 11.3 Å². The number of fused-ring (bicyclic) bond motifs is 1. The highest BCUT2D eigenvalue weighted by molar-refractivity contribution is 6.46. The average molecular weight is 425 g/mol. The van der Waals surface area contributed by atoms with Gasteiger partial charge in [-0.25, -0.2) is 4.39 Å². The SMILES string of the molecule is COCCCN1C(=O)C(=O)C(=C(O)c2ccc3c(c2)C[C@@H](C)O3)[C@@H]1c1ccccc1F. The zero-order valence-corrected chi connectivity index (χ0v) is 17.4. The van der Waals surface area contributed by atoms with Crippen LogP contribution in [0.15, 0.2) is 48.0 Å². The van der Waals surface area contributed by atoms with Crippen LogP contribution in [-0.2, 0) is 20.7 Å². The quantitative estimate of drug-likeness (QED) is 0.331. The van der Waals surface area contributed by atoms with E-state index >= 15 is 0 Å². The lowest BCUT2D eigenvalue weighted by Gasteiger charge is -2.25. The number of amides is 1. The first-order chi connectivity index (χ1) is 14.9. The molecule has 0 spiro atoms. The number of halogens is 1. The highest BCUT2D eigenvalue weighted by Crippen LogP contribution is 2.41. The first-order valence-electron chi connectivity index (χ1n) is 10.2. The van der Waals surface area contributed by atoms with Crippen LogP contribution in [0.5, 0.6) is 5.75 Å². The molecule has 2 aromatic rings. The maximum absolute atomic E-state index is 14.7. The van der Waals surface area contributed by atoms with E-state index in [1.807, 2.05) is 6.92 Å². The van der Waals surface area contributed by atoms with E-state index in [-0.39, 0.29) is 29.5 Å². The number of ketones is 1. The number of ether oxygens (including phenoxy) is 2. The van der Waals surface area contributed by atoms with Crippen LogP contribution < -0.4 is 4.74 Å². The summed E-state index contributed by atoms with van der Waals surface area (Å²) in [5.41, 5.74) is 1.36. The fourth-order valence-corrected chi connectivity index (χ4v) is 4.23. The predicted octanol–water partition coefficient (Wildman–Crippen LogP) is 3.61. The normalized spacial score (nSPS) is 22.0. The van der Waals surface area contributed by atoms with Crippen LogP contribution >= 0.6 is 0 Å². The van der Waals surface area contributed by atoms with E-state index < -0.39 is 23.5 Å². The molecule has 0 aliphatic carbocycles. The van der Waals surface area contributed by atoms with E-state index in [0.29, 0.717) is 25.0 Å². The molecule has 1 saturated heterocycles. The van der Waals surface area contributed by atoms with Crippen molar-refractivity contribution < 1.29 is 28.6 Å². The number of carbonyl (C=O) groups is 2. The number of aliphatic hydroxyl groups is 1. The zero-order chi connectivity index (χ0) is 22.1. The first-order valence-corrected chi connectivity index (χ1v) is 10.2. The third-order valence-electron chi connectivity index (χ3n) is 5.66. The molecular weight excluding hydrogens is 401 g/mol. The summed E-state index contributed by atoms with van der Waals surface area (Å²) >= 11 is 0. The van der Waals surface area contributed by atoms with Gasteiger partial charge in [0.15, 0.2) is 0 Å². The zero-order valence-electron chi connectivity index (χ0n) is 17.4. The van der Waals surface area contributed by atoms with Gasteiger partial charge >= 0.3 is 0 Å². The number of carbonyl (C=O) groups excluding carboxylic acids is 2. The molecule has 2 atom stereocenters. The Hall–Kier alpha value is -3.19. The Balaban J connectivity index is 1.82. The average Bonchev–Trinajstić information content (AvgIpc) is 3.24. The number of nitrogens with zero attached hydrogens (tertiary/aromatic N) is 1. The molecule has 2 heterocycles. The number of methoxy groups -OCH3 is 1.